The molecule has 0 atom stereocenters. The molecule has 0 radical (unpaired) electrons. The van der Waals surface area contributed by atoms with Gasteiger partial charge in [-0.1, -0.05) is 24.3 Å². The smallest absolute Gasteiger partial charge is 0.241 e. The summed E-state index contributed by atoms with van der Waals surface area (Å²) >= 11 is 0. The first-order valence-electron chi connectivity index (χ1n) is 11.5. The number of fused-ring (bicyclic) bond motifs is 1. The van der Waals surface area contributed by atoms with Crippen molar-refractivity contribution in [3.05, 3.63) is 53.6 Å². The second kappa shape index (κ2) is 11.1. The Morgan fingerprint density at radius 3 is 2.50 bits per heavy atom. The van der Waals surface area contributed by atoms with E-state index >= 15 is 0 Å². The van der Waals surface area contributed by atoms with Gasteiger partial charge in [0.25, 0.3) is 0 Å². The molecule has 1 fully saturated rings. The molecule has 2 heterocycles. The van der Waals surface area contributed by atoms with Crippen LogP contribution in [0.4, 0.5) is 5.69 Å². The number of hydrogen-bond donors (Lipinski definition) is 1. The summed E-state index contributed by atoms with van der Waals surface area (Å²) in [5, 5.41) is 2.85. The molecular weight excluding hydrogens is 458 g/mol. The Morgan fingerprint density at radius 2 is 1.74 bits per heavy atom. The lowest BCUT2D eigenvalue weighted by Gasteiger charge is -2.26. The first-order chi connectivity index (χ1) is 16.4. The van der Waals surface area contributed by atoms with Gasteiger partial charge in [-0.25, -0.2) is 8.42 Å². The standard InChI is InChI=1S/C24H31N3O6S/c1-2-34(29,30)27(21-6-7-22-23(15-21)33-13-12-32-22)18-24(28)25-16-19-4-3-5-20(14-19)17-26-8-10-31-11-9-26/h3-7,14-15H,2,8-13,16-18H2,1H3,(H,25,28). The van der Waals surface area contributed by atoms with Gasteiger partial charge in [0.2, 0.25) is 15.9 Å². The van der Waals surface area contributed by atoms with Gasteiger partial charge in [-0.05, 0) is 30.2 Å². The van der Waals surface area contributed by atoms with Crippen molar-refractivity contribution >= 4 is 21.6 Å². The number of carbonyl (C=O) groups excluding carboxylic acids is 1. The Labute approximate surface area is 200 Å². The molecular formula is C24H31N3O6S. The number of nitrogens with zero attached hydrogens (tertiary/aromatic N) is 2. The minimum absolute atomic E-state index is 0.127. The predicted octanol–water partition coefficient (Wildman–Crippen LogP) is 1.76. The lowest BCUT2D eigenvalue weighted by molar-refractivity contribution is -0.119. The van der Waals surface area contributed by atoms with E-state index in [4.69, 9.17) is 14.2 Å². The van der Waals surface area contributed by atoms with Crippen LogP contribution in [0.3, 0.4) is 0 Å². The van der Waals surface area contributed by atoms with Crippen molar-refractivity contribution in [3.63, 3.8) is 0 Å². The molecule has 2 aromatic carbocycles. The molecule has 1 N–H and O–H groups in total. The van der Waals surface area contributed by atoms with Crippen LogP contribution in [0.2, 0.25) is 0 Å². The predicted molar refractivity (Wildman–Crippen MR) is 129 cm³/mol. The lowest BCUT2D eigenvalue weighted by Crippen LogP contribution is -2.41. The summed E-state index contributed by atoms with van der Waals surface area (Å²) in [6, 6.07) is 13.0. The van der Waals surface area contributed by atoms with E-state index in [-0.39, 0.29) is 18.2 Å². The van der Waals surface area contributed by atoms with Crippen LogP contribution < -0.4 is 19.1 Å². The van der Waals surface area contributed by atoms with Gasteiger partial charge < -0.3 is 19.5 Å². The van der Waals surface area contributed by atoms with Crippen molar-refractivity contribution < 1.29 is 27.4 Å². The van der Waals surface area contributed by atoms with Crippen molar-refractivity contribution in [2.75, 3.05) is 56.1 Å². The monoisotopic (exact) mass is 489 g/mol. The molecule has 184 valence electrons. The topological polar surface area (TPSA) is 97.4 Å². The van der Waals surface area contributed by atoms with Gasteiger partial charge in [-0.3, -0.25) is 14.0 Å². The first kappa shape index (κ1) is 24.3. The molecule has 0 saturated carbocycles. The average Bonchev–Trinajstić information content (AvgIpc) is 2.86. The number of rotatable bonds is 9. The van der Waals surface area contributed by atoms with Gasteiger partial charge in [0.05, 0.1) is 24.7 Å². The highest BCUT2D eigenvalue weighted by Gasteiger charge is 2.25. The van der Waals surface area contributed by atoms with Crippen molar-refractivity contribution in [1.82, 2.24) is 10.2 Å². The number of sulfonamides is 1. The number of anilines is 1. The molecule has 4 rings (SSSR count). The van der Waals surface area contributed by atoms with Gasteiger partial charge >= 0.3 is 0 Å². The Hall–Kier alpha value is -2.82. The molecule has 1 amide bonds. The maximum Gasteiger partial charge on any atom is 0.241 e. The summed E-state index contributed by atoms with van der Waals surface area (Å²) in [6.07, 6.45) is 0. The number of ether oxygens (including phenoxy) is 3. The van der Waals surface area contributed by atoms with Crippen LogP contribution >= 0.6 is 0 Å². The average molecular weight is 490 g/mol. The third-order valence-electron chi connectivity index (χ3n) is 5.79. The Balaban J connectivity index is 1.40. The molecule has 0 spiro atoms. The van der Waals surface area contributed by atoms with Crippen LogP contribution in [0.15, 0.2) is 42.5 Å². The Kier molecular flexibility index (Phi) is 7.91. The van der Waals surface area contributed by atoms with E-state index in [9.17, 15) is 13.2 Å². The molecule has 0 aromatic heterocycles. The summed E-state index contributed by atoms with van der Waals surface area (Å²) in [5.74, 6) is 0.520. The minimum atomic E-state index is -3.68. The van der Waals surface area contributed by atoms with Crippen LogP contribution in [0.5, 0.6) is 11.5 Å². The summed E-state index contributed by atoms with van der Waals surface area (Å²) in [7, 11) is -3.68. The van der Waals surface area contributed by atoms with E-state index in [0.29, 0.717) is 36.9 Å². The molecule has 2 aromatic rings. The van der Waals surface area contributed by atoms with Gasteiger partial charge in [-0.15, -0.1) is 0 Å². The maximum absolute atomic E-state index is 12.8. The van der Waals surface area contributed by atoms with Crippen molar-refractivity contribution in [3.8, 4) is 11.5 Å². The lowest BCUT2D eigenvalue weighted by atomic mass is 10.1. The molecule has 10 heteroatoms. The molecule has 34 heavy (non-hydrogen) atoms. The molecule has 2 aliphatic rings. The first-order valence-corrected chi connectivity index (χ1v) is 13.1. The molecule has 2 aliphatic heterocycles. The summed E-state index contributed by atoms with van der Waals surface area (Å²) in [5.41, 5.74) is 2.50. The van der Waals surface area contributed by atoms with E-state index in [0.717, 1.165) is 42.7 Å². The minimum Gasteiger partial charge on any atom is -0.486 e. The van der Waals surface area contributed by atoms with Gasteiger partial charge in [-0.2, -0.15) is 0 Å². The number of nitrogens with one attached hydrogen (secondary N) is 1. The van der Waals surface area contributed by atoms with Crippen LogP contribution in [-0.4, -0.2) is 71.0 Å². The fraction of sp³-hybridized carbons (Fsp3) is 0.458. The largest absolute Gasteiger partial charge is 0.486 e. The second-order valence-electron chi connectivity index (χ2n) is 8.22. The highest BCUT2D eigenvalue weighted by molar-refractivity contribution is 7.92. The SMILES string of the molecule is CCS(=O)(=O)N(CC(=O)NCc1cccc(CN2CCOCC2)c1)c1ccc2c(c1)OCCO2. The molecule has 0 bridgehead atoms. The normalized spacial score (nSPS) is 16.1. The van der Waals surface area contributed by atoms with E-state index in [1.165, 1.54) is 5.56 Å². The molecule has 9 nitrogen and oxygen atoms in total. The molecule has 0 aliphatic carbocycles. The number of benzene rings is 2. The molecule has 0 unspecified atom stereocenters. The second-order valence-corrected chi connectivity index (χ2v) is 10.4. The fourth-order valence-corrected chi connectivity index (χ4v) is 5.00. The third kappa shape index (κ3) is 6.19. The number of amides is 1. The van der Waals surface area contributed by atoms with E-state index in [1.54, 1.807) is 25.1 Å². The zero-order valence-electron chi connectivity index (χ0n) is 19.4. The summed E-state index contributed by atoms with van der Waals surface area (Å²) < 4.78 is 43.2. The highest BCUT2D eigenvalue weighted by atomic mass is 32.2. The summed E-state index contributed by atoms with van der Waals surface area (Å²) in [6.45, 7) is 6.52. The van der Waals surface area contributed by atoms with E-state index in [1.807, 2.05) is 12.1 Å². The van der Waals surface area contributed by atoms with Crippen LogP contribution in [0, 0.1) is 0 Å². The van der Waals surface area contributed by atoms with Crippen molar-refractivity contribution in [2.45, 2.75) is 20.0 Å². The zero-order chi connectivity index (χ0) is 24.0. The third-order valence-corrected chi connectivity index (χ3v) is 7.53. The quantitative estimate of drug-likeness (QED) is 0.573. The number of morpholine rings is 1. The fourth-order valence-electron chi connectivity index (χ4n) is 3.94. The molecule has 1 saturated heterocycles. The van der Waals surface area contributed by atoms with Gasteiger partial charge in [0.1, 0.15) is 19.8 Å². The van der Waals surface area contributed by atoms with Crippen LogP contribution in [-0.2, 0) is 32.6 Å². The van der Waals surface area contributed by atoms with Crippen molar-refractivity contribution in [2.24, 2.45) is 0 Å². The van der Waals surface area contributed by atoms with Crippen LogP contribution in [0.25, 0.3) is 0 Å². The van der Waals surface area contributed by atoms with Crippen LogP contribution in [0.1, 0.15) is 18.1 Å². The van der Waals surface area contributed by atoms with Crippen molar-refractivity contribution in [1.29, 1.82) is 0 Å². The van der Waals surface area contributed by atoms with E-state index < -0.39 is 10.0 Å². The Bertz CT molecular complexity index is 1100. The zero-order valence-corrected chi connectivity index (χ0v) is 20.2. The highest BCUT2D eigenvalue weighted by Crippen LogP contribution is 2.34. The summed E-state index contributed by atoms with van der Waals surface area (Å²) in [4.78, 5) is 15.1. The van der Waals surface area contributed by atoms with E-state index in [2.05, 4.69) is 22.3 Å². The number of carbonyl (C=O) groups is 1. The Morgan fingerprint density at radius 1 is 1.00 bits per heavy atom. The maximum atomic E-state index is 12.8. The van der Waals surface area contributed by atoms with Gasteiger partial charge in [0.15, 0.2) is 11.5 Å². The van der Waals surface area contributed by atoms with Gasteiger partial charge in [0, 0.05) is 32.2 Å². The number of hydrogen-bond acceptors (Lipinski definition) is 7.